The molecule has 0 radical (unpaired) electrons. The lowest BCUT2D eigenvalue weighted by atomic mass is 10.0. The van der Waals surface area contributed by atoms with Gasteiger partial charge in [0.15, 0.2) is 0 Å². The molecule has 4 aromatic carbocycles. The van der Waals surface area contributed by atoms with Gasteiger partial charge in [-0.3, -0.25) is 13.9 Å². The van der Waals surface area contributed by atoms with Crippen LogP contribution in [0.3, 0.4) is 0 Å². The Kier molecular flexibility index (Phi) is 10.7. The summed E-state index contributed by atoms with van der Waals surface area (Å²) in [5, 5.41) is 3.32. The lowest BCUT2D eigenvalue weighted by Crippen LogP contribution is -2.56. The largest absolute Gasteiger partial charge is 0.350 e. The van der Waals surface area contributed by atoms with Crippen LogP contribution in [0.15, 0.2) is 108 Å². The number of anilines is 1. The van der Waals surface area contributed by atoms with E-state index in [4.69, 9.17) is 11.6 Å². The summed E-state index contributed by atoms with van der Waals surface area (Å²) in [6.45, 7) is 6.32. The Labute approximate surface area is 269 Å². The SMILES string of the molecule is Cc1ccccc1N(CC(=O)N(Cc1ccccc1F)[C@H](Cc1ccccc1)C(=O)NC(C)(C)C)S(=O)(=O)c1ccc(Cl)cc1. The predicted molar refractivity (Wildman–Crippen MR) is 176 cm³/mol. The minimum atomic E-state index is -4.28. The van der Waals surface area contributed by atoms with Crippen molar-refractivity contribution < 1.29 is 22.4 Å². The molecule has 4 rings (SSSR count). The van der Waals surface area contributed by atoms with Gasteiger partial charge in [-0.1, -0.05) is 78.3 Å². The molecule has 7 nitrogen and oxygen atoms in total. The van der Waals surface area contributed by atoms with Crippen molar-refractivity contribution in [2.75, 3.05) is 10.8 Å². The Bertz CT molecular complexity index is 1740. The van der Waals surface area contributed by atoms with Gasteiger partial charge in [0.05, 0.1) is 10.6 Å². The number of hydrogen-bond acceptors (Lipinski definition) is 4. The zero-order chi connectivity index (χ0) is 32.8. The van der Waals surface area contributed by atoms with Crippen LogP contribution in [0, 0.1) is 12.7 Å². The highest BCUT2D eigenvalue weighted by Gasteiger charge is 2.36. The summed E-state index contributed by atoms with van der Waals surface area (Å²) in [5.41, 5.74) is 1.25. The molecule has 236 valence electrons. The number of rotatable bonds is 11. The third kappa shape index (κ3) is 8.71. The van der Waals surface area contributed by atoms with Crippen molar-refractivity contribution in [3.63, 3.8) is 0 Å². The van der Waals surface area contributed by atoms with E-state index in [0.29, 0.717) is 16.3 Å². The molecule has 0 fully saturated rings. The van der Waals surface area contributed by atoms with Gasteiger partial charge in [-0.2, -0.15) is 0 Å². The topological polar surface area (TPSA) is 86.8 Å². The Morgan fingerprint density at radius 3 is 2.09 bits per heavy atom. The molecule has 45 heavy (non-hydrogen) atoms. The Balaban J connectivity index is 1.84. The van der Waals surface area contributed by atoms with E-state index in [1.165, 1.54) is 41.3 Å². The molecule has 1 N–H and O–H groups in total. The average molecular weight is 650 g/mol. The third-order valence-electron chi connectivity index (χ3n) is 7.13. The van der Waals surface area contributed by atoms with Gasteiger partial charge in [0.2, 0.25) is 11.8 Å². The maximum Gasteiger partial charge on any atom is 0.264 e. The summed E-state index contributed by atoms with van der Waals surface area (Å²) in [5.74, 6) is -1.67. The van der Waals surface area contributed by atoms with Crippen LogP contribution in [-0.2, 0) is 32.6 Å². The van der Waals surface area contributed by atoms with Crippen LogP contribution in [0.5, 0.6) is 0 Å². The van der Waals surface area contributed by atoms with Crippen LogP contribution in [0.1, 0.15) is 37.5 Å². The van der Waals surface area contributed by atoms with Crippen molar-refractivity contribution in [1.82, 2.24) is 10.2 Å². The number of para-hydroxylation sites is 1. The van der Waals surface area contributed by atoms with E-state index in [2.05, 4.69) is 5.32 Å². The summed E-state index contributed by atoms with van der Waals surface area (Å²) in [6.07, 6.45) is 0.122. The molecule has 0 saturated heterocycles. The highest BCUT2D eigenvalue weighted by molar-refractivity contribution is 7.92. The highest BCUT2D eigenvalue weighted by atomic mass is 35.5. The highest BCUT2D eigenvalue weighted by Crippen LogP contribution is 2.28. The van der Waals surface area contributed by atoms with Crippen LogP contribution in [0.4, 0.5) is 10.1 Å². The first-order valence-electron chi connectivity index (χ1n) is 14.5. The van der Waals surface area contributed by atoms with Crippen LogP contribution in [0.2, 0.25) is 5.02 Å². The van der Waals surface area contributed by atoms with Gasteiger partial charge in [-0.05, 0) is 75.2 Å². The standard InChI is InChI=1S/C35H37ClFN3O4S/c1-25-12-8-11-17-31(25)40(45(43,44)29-20-18-28(36)19-21-29)24-33(41)39(23-27-15-9-10-16-30(27)37)32(34(42)38-35(2,3)4)22-26-13-6-5-7-14-26/h5-21,32H,22-24H2,1-4H3,(H,38,42)/t32-/m1/s1. The summed E-state index contributed by atoms with van der Waals surface area (Å²) >= 11 is 6.04. The average Bonchev–Trinajstić information content (AvgIpc) is 2.98. The molecule has 0 aromatic heterocycles. The maximum absolute atomic E-state index is 15.0. The van der Waals surface area contributed by atoms with Crippen molar-refractivity contribution in [2.45, 2.75) is 57.1 Å². The molecule has 2 amide bonds. The first kappa shape index (κ1) is 33.7. The predicted octanol–water partition coefficient (Wildman–Crippen LogP) is 6.54. The van der Waals surface area contributed by atoms with Crippen molar-refractivity contribution in [1.29, 1.82) is 0 Å². The summed E-state index contributed by atoms with van der Waals surface area (Å²) < 4.78 is 44.3. The Morgan fingerprint density at radius 1 is 0.867 bits per heavy atom. The van der Waals surface area contributed by atoms with Crippen molar-refractivity contribution >= 4 is 39.1 Å². The zero-order valence-corrected chi connectivity index (χ0v) is 27.3. The Hall–Kier alpha value is -4.21. The van der Waals surface area contributed by atoms with E-state index >= 15 is 4.39 Å². The molecule has 0 bridgehead atoms. The van der Waals surface area contributed by atoms with Gasteiger partial charge in [0.25, 0.3) is 10.0 Å². The number of aryl methyl sites for hydroxylation is 1. The fourth-order valence-electron chi connectivity index (χ4n) is 4.91. The summed E-state index contributed by atoms with van der Waals surface area (Å²) in [7, 11) is -4.28. The van der Waals surface area contributed by atoms with Crippen molar-refractivity contribution in [3.8, 4) is 0 Å². The number of sulfonamides is 1. The lowest BCUT2D eigenvalue weighted by Gasteiger charge is -2.35. The van der Waals surface area contributed by atoms with Gasteiger partial charge >= 0.3 is 0 Å². The van der Waals surface area contributed by atoms with Crippen molar-refractivity contribution in [3.05, 3.63) is 131 Å². The molecule has 10 heteroatoms. The van der Waals surface area contributed by atoms with E-state index < -0.39 is 45.8 Å². The maximum atomic E-state index is 15.0. The number of nitrogens with zero attached hydrogens (tertiary/aromatic N) is 2. The molecule has 0 aliphatic carbocycles. The minimum absolute atomic E-state index is 0.0603. The number of nitrogens with one attached hydrogen (secondary N) is 1. The molecular formula is C35H37ClFN3O4S. The lowest BCUT2D eigenvalue weighted by molar-refractivity contribution is -0.140. The van der Waals surface area contributed by atoms with E-state index in [9.17, 15) is 18.0 Å². The number of halogens is 2. The monoisotopic (exact) mass is 649 g/mol. The van der Waals surface area contributed by atoms with Gasteiger partial charge in [-0.15, -0.1) is 0 Å². The molecule has 0 spiro atoms. The summed E-state index contributed by atoms with van der Waals surface area (Å²) in [4.78, 5) is 29.6. The normalized spacial score (nSPS) is 12.3. The van der Waals surface area contributed by atoms with Gasteiger partial charge in [-0.25, -0.2) is 12.8 Å². The molecular weight excluding hydrogens is 613 g/mol. The number of benzene rings is 4. The number of carbonyl (C=O) groups is 2. The fourth-order valence-corrected chi connectivity index (χ4v) is 6.51. The van der Waals surface area contributed by atoms with E-state index in [1.807, 2.05) is 51.1 Å². The molecule has 1 atom stereocenters. The summed E-state index contributed by atoms with van der Waals surface area (Å²) in [6, 6.07) is 26.6. The van der Waals surface area contributed by atoms with E-state index in [0.717, 1.165) is 9.87 Å². The smallest absolute Gasteiger partial charge is 0.264 e. The minimum Gasteiger partial charge on any atom is -0.350 e. The number of amides is 2. The first-order valence-corrected chi connectivity index (χ1v) is 16.3. The van der Waals surface area contributed by atoms with Crippen LogP contribution < -0.4 is 9.62 Å². The van der Waals surface area contributed by atoms with Crippen LogP contribution >= 0.6 is 11.6 Å². The molecule has 0 aliphatic rings. The van der Waals surface area contributed by atoms with Crippen molar-refractivity contribution in [2.24, 2.45) is 0 Å². The van der Waals surface area contributed by atoms with Gasteiger partial charge < -0.3 is 10.2 Å². The molecule has 0 heterocycles. The van der Waals surface area contributed by atoms with Gasteiger partial charge in [0.1, 0.15) is 18.4 Å². The Morgan fingerprint density at radius 2 is 1.47 bits per heavy atom. The van der Waals surface area contributed by atoms with Gasteiger partial charge in [0, 0.05) is 29.1 Å². The van der Waals surface area contributed by atoms with E-state index in [-0.39, 0.29) is 23.4 Å². The van der Waals surface area contributed by atoms with Crippen LogP contribution in [-0.4, -0.2) is 43.3 Å². The number of carbonyl (C=O) groups excluding carboxylic acids is 2. The second-order valence-corrected chi connectivity index (χ2v) is 14.1. The molecule has 0 unspecified atom stereocenters. The molecule has 0 aliphatic heterocycles. The third-order valence-corrected chi connectivity index (χ3v) is 9.16. The molecule has 4 aromatic rings. The molecule has 0 saturated carbocycles. The quantitative estimate of drug-likeness (QED) is 0.200. The first-order chi connectivity index (χ1) is 21.3. The van der Waals surface area contributed by atoms with E-state index in [1.54, 1.807) is 43.3 Å². The fraction of sp³-hybridized carbons (Fsp3) is 0.257. The second kappa shape index (κ2) is 14.3. The number of hydrogen-bond donors (Lipinski definition) is 1. The van der Waals surface area contributed by atoms with Crippen LogP contribution in [0.25, 0.3) is 0 Å². The second-order valence-electron chi connectivity index (χ2n) is 11.8. The zero-order valence-electron chi connectivity index (χ0n) is 25.7.